The molecule has 1 aromatic carbocycles. The third kappa shape index (κ3) is 3.13. The lowest BCUT2D eigenvalue weighted by molar-refractivity contribution is 0.103. The number of aliphatic hydroxyl groups excluding tert-OH is 1. The van der Waals surface area contributed by atoms with Gasteiger partial charge in [-0.15, -0.1) is 0 Å². The minimum absolute atomic E-state index is 0.0345. The van der Waals surface area contributed by atoms with Gasteiger partial charge in [0.25, 0.3) is 0 Å². The fourth-order valence-corrected chi connectivity index (χ4v) is 2.91. The average Bonchev–Trinajstić information content (AvgIpc) is 2.41. The molecule has 0 aliphatic carbocycles. The van der Waals surface area contributed by atoms with Crippen LogP contribution in [0.5, 0.6) is 0 Å². The van der Waals surface area contributed by atoms with Crippen molar-refractivity contribution in [3.8, 4) is 0 Å². The first-order chi connectivity index (χ1) is 9.54. The molecule has 4 heteroatoms. The Morgan fingerprint density at radius 3 is 2.90 bits per heavy atom. The van der Waals surface area contributed by atoms with Gasteiger partial charge in [0.15, 0.2) is 0 Å². The van der Waals surface area contributed by atoms with Gasteiger partial charge in [0, 0.05) is 30.4 Å². The molecule has 0 saturated carbocycles. The number of anilines is 1. The Balaban J connectivity index is 2.29. The lowest BCUT2D eigenvalue weighted by Crippen LogP contribution is -2.43. The highest BCUT2D eigenvalue weighted by Crippen LogP contribution is 2.31. The summed E-state index contributed by atoms with van der Waals surface area (Å²) in [6.45, 7) is 8.31. The van der Waals surface area contributed by atoms with Gasteiger partial charge in [0.2, 0.25) is 0 Å². The summed E-state index contributed by atoms with van der Waals surface area (Å²) in [4.78, 5) is 2.11. The Morgan fingerprint density at radius 2 is 2.25 bits per heavy atom. The molecule has 112 valence electrons. The van der Waals surface area contributed by atoms with Crippen molar-refractivity contribution in [3.05, 3.63) is 29.6 Å². The number of hydrogen-bond donors (Lipinski definition) is 2. The van der Waals surface area contributed by atoms with Crippen molar-refractivity contribution < 1.29 is 9.50 Å². The number of β-amino-alcohol motifs (C(OH)–C–C–N with tert-alkyl or cyclic N) is 1. The Hall–Kier alpha value is -1.13. The van der Waals surface area contributed by atoms with Crippen molar-refractivity contribution in [1.82, 2.24) is 5.32 Å². The third-order valence-corrected chi connectivity index (χ3v) is 4.23. The van der Waals surface area contributed by atoms with Crippen LogP contribution >= 0.6 is 0 Å². The monoisotopic (exact) mass is 280 g/mol. The highest BCUT2D eigenvalue weighted by atomic mass is 19.1. The van der Waals surface area contributed by atoms with E-state index in [1.165, 1.54) is 6.07 Å². The van der Waals surface area contributed by atoms with Crippen LogP contribution in [0.2, 0.25) is 0 Å². The van der Waals surface area contributed by atoms with Crippen LogP contribution in [0, 0.1) is 11.7 Å². The van der Waals surface area contributed by atoms with Gasteiger partial charge in [-0.25, -0.2) is 4.39 Å². The van der Waals surface area contributed by atoms with E-state index in [1.807, 2.05) is 19.9 Å². The Labute approximate surface area is 120 Å². The molecule has 3 atom stereocenters. The number of rotatable bonds is 4. The van der Waals surface area contributed by atoms with E-state index in [1.54, 1.807) is 6.07 Å². The SMILES string of the molecule is CCNC(C)c1c(F)cccc1N1CCC(C)C(O)C1. The topological polar surface area (TPSA) is 35.5 Å². The molecule has 0 bridgehead atoms. The zero-order chi connectivity index (χ0) is 14.7. The van der Waals surface area contributed by atoms with Gasteiger partial charge in [-0.05, 0) is 37.9 Å². The van der Waals surface area contributed by atoms with E-state index in [2.05, 4.69) is 17.1 Å². The van der Waals surface area contributed by atoms with Crippen molar-refractivity contribution in [2.75, 3.05) is 24.5 Å². The number of aliphatic hydroxyl groups is 1. The van der Waals surface area contributed by atoms with Crippen LogP contribution in [-0.2, 0) is 0 Å². The molecule has 1 aliphatic rings. The maximum atomic E-state index is 14.2. The molecule has 0 aromatic heterocycles. The van der Waals surface area contributed by atoms with E-state index in [4.69, 9.17) is 0 Å². The highest BCUT2D eigenvalue weighted by Gasteiger charge is 2.27. The largest absolute Gasteiger partial charge is 0.391 e. The molecule has 0 amide bonds. The van der Waals surface area contributed by atoms with Crippen molar-refractivity contribution in [3.63, 3.8) is 0 Å². The van der Waals surface area contributed by atoms with Crippen molar-refractivity contribution in [2.24, 2.45) is 5.92 Å². The maximum absolute atomic E-state index is 14.2. The van der Waals surface area contributed by atoms with Crippen molar-refractivity contribution in [1.29, 1.82) is 0 Å². The van der Waals surface area contributed by atoms with Gasteiger partial charge in [0.05, 0.1) is 6.10 Å². The van der Waals surface area contributed by atoms with E-state index in [9.17, 15) is 9.50 Å². The maximum Gasteiger partial charge on any atom is 0.130 e. The van der Waals surface area contributed by atoms with Gasteiger partial charge in [-0.3, -0.25) is 0 Å². The van der Waals surface area contributed by atoms with Crippen molar-refractivity contribution >= 4 is 5.69 Å². The van der Waals surface area contributed by atoms with Crippen molar-refractivity contribution in [2.45, 2.75) is 39.3 Å². The molecule has 1 fully saturated rings. The fraction of sp³-hybridized carbons (Fsp3) is 0.625. The van der Waals surface area contributed by atoms with Gasteiger partial charge in [-0.1, -0.05) is 19.9 Å². The molecular formula is C16H25FN2O. The predicted molar refractivity (Wildman–Crippen MR) is 80.5 cm³/mol. The lowest BCUT2D eigenvalue weighted by atomic mass is 9.94. The summed E-state index contributed by atoms with van der Waals surface area (Å²) in [5, 5.41) is 13.3. The van der Waals surface area contributed by atoms with Crippen LogP contribution in [0.3, 0.4) is 0 Å². The summed E-state index contributed by atoms with van der Waals surface area (Å²) >= 11 is 0. The summed E-state index contributed by atoms with van der Waals surface area (Å²) in [6.07, 6.45) is 0.599. The number of piperidine rings is 1. The molecule has 2 N–H and O–H groups in total. The van der Waals surface area contributed by atoms with Gasteiger partial charge >= 0.3 is 0 Å². The number of nitrogens with one attached hydrogen (secondary N) is 1. The fourth-order valence-electron chi connectivity index (χ4n) is 2.91. The quantitative estimate of drug-likeness (QED) is 0.890. The van der Waals surface area contributed by atoms with Crippen LogP contribution in [0.4, 0.5) is 10.1 Å². The molecule has 2 rings (SSSR count). The molecule has 0 spiro atoms. The summed E-state index contributed by atoms with van der Waals surface area (Å²) in [6, 6.07) is 5.18. The predicted octanol–water partition coefficient (Wildman–Crippen LogP) is 2.70. The van der Waals surface area contributed by atoms with Gasteiger partial charge in [0.1, 0.15) is 5.82 Å². The number of hydrogen-bond acceptors (Lipinski definition) is 3. The first kappa shape index (κ1) is 15.3. The summed E-state index contributed by atoms with van der Waals surface area (Å²) in [5.41, 5.74) is 1.61. The van der Waals surface area contributed by atoms with Crippen LogP contribution in [0.25, 0.3) is 0 Å². The second-order valence-electron chi connectivity index (χ2n) is 5.73. The smallest absolute Gasteiger partial charge is 0.130 e. The standard InChI is InChI=1S/C16H25FN2O/c1-4-18-12(3)16-13(17)6-5-7-14(16)19-9-8-11(2)15(20)10-19/h5-7,11-12,15,18,20H,4,8-10H2,1-3H3. The van der Waals surface area contributed by atoms with Crippen LogP contribution < -0.4 is 10.2 Å². The van der Waals surface area contributed by atoms with Gasteiger partial charge < -0.3 is 15.3 Å². The van der Waals surface area contributed by atoms with E-state index in [0.717, 1.165) is 25.2 Å². The number of halogens is 1. The van der Waals surface area contributed by atoms with E-state index in [-0.39, 0.29) is 18.0 Å². The van der Waals surface area contributed by atoms with Crippen LogP contribution in [-0.4, -0.2) is 30.8 Å². The van der Waals surface area contributed by atoms with E-state index >= 15 is 0 Å². The first-order valence-electron chi connectivity index (χ1n) is 7.49. The normalized spacial score (nSPS) is 24.8. The Bertz CT molecular complexity index is 452. The molecule has 1 saturated heterocycles. The zero-order valence-electron chi connectivity index (χ0n) is 12.6. The van der Waals surface area contributed by atoms with Gasteiger partial charge in [-0.2, -0.15) is 0 Å². The molecule has 1 heterocycles. The number of nitrogens with zero attached hydrogens (tertiary/aromatic N) is 1. The first-order valence-corrected chi connectivity index (χ1v) is 7.49. The zero-order valence-corrected chi connectivity index (χ0v) is 12.6. The highest BCUT2D eigenvalue weighted by molar-refractivity contribution is 5.56. The summed E-state index contributed by atoms with van der Waals surface area (Å²) in [7, 11) is 0. The third-order valence-electron chi connectivity index (χ3n) is 4.23. The lowest BCUT2D eigenvalue weighted by Gasteiger charge is -2.37. The average molecular weight is 280 g/mol. The van der Waals surface area contributed by atoms with Crippen LogP contribution in [0.15, 0.2) is 18.2 Å². The second-order valence-corrected chi connectivity index (χ2v) is 5.73. The molecule has 3 nitrogen and oxygen atoms in total. The minimum atomic E-state index is -0.339. The Morgan fingerprint density at radius 1 is 1.50 bits per heavy atom. The van der Waals surface area contributed by atoms with Crippen LogP contribution in [0.1, 0.15) is 38.8 Å². The minimum Gasteiger partial charge on any atom is -0.391 e. The Kier molecular flexibility index (Phi) is 5.00. The molecule has 20 heavy (non-hydrogen) atoms. The second kappa shape index (κ2) is 6.55. The van der Waals surface area contributed by atoms with E-state index in [0.29, 0.717) is 18.0 Å². The van der Waals surface area contributed by atoms with E-state index < -0.39 is 0 Å². The number of benzene rings is 1. The summed E-state index contributed by atoms with van der Waals surface area (Å²) < 4.78 is 14.2. The molecule has 1 aromatic rings. The molecular weight excluding hydrogens is 255 g/mol. The molecule has 1 aliphatic heterocycles. The molecule has 0 radical (unpaired) electrons. The molecule has 3 unspecified atom stereocenters. The summed E-state index contributed by atoms with van der Waals surface area (Å²) in [5.74, 6) is 0.138.